The number of likely N-dealkylation sites (N-methyl/N-ethyl adjacent to an activating group) is 1. The van der Waals surface area contributed by atoms with E-state index in [0.29, 0.717) is 5.56 Å². The number of rotatable bonds is 4. The molecule has 1 aliphatic rings. The molecule has 0 saturated heterocycles. The van der Waals surface area contributed by atoms with Gasteiger partial charge in [-0.25, -0.2) is 0 Å². The zero-order valence-electron chi connectivity index (χ0n) is 16.8. The number of nitrogens with zero attached hydrogens (tertiary/aromatic N) is 4. The van der Waals surface area contributed by atoms with Crippen LogP contribution in [0, 0.1) is 0 Å². The largest absolute Gasteiger partial charge is 0.492 e. The molecule has 0 atom stereocenters. The third-order valence-corrected chi connectivity index (χ3v) is 5.03. The van der Waals surface area contributed by atoms with Gasteiger partial charge in [-0.2, -0.15) is 5.10 Å². The fourth-order valence-corrected chi connectivity index (χ4v) is 3.46. The molecular formula is C22H26CoN4O. The average Bonchev–Trinajstić information content (AvgIpc) is 2.85. The number of hydrogen-bond acceptors (Lipinski definition) is 4. The summed E-state index contributed by atoms with van der Waals surface area (Å²) in [6.45, 7) is 4.39. The first kappa shape index (κ1) is 21.7. The molecule has 0 unspecified atom stereocenters. The number of allylic oxidation sites excluding steroid dienone is 2. The maximum absolute atomic E-state index is 10.1. The van der Waals surface area contributed by atoms with Gasteiger partial charge < -0.3 is 14.9 Å². The minimum atomic E-state index is -0.106. The zero-order valence-corrected chi connectivity index (χ0v) is 17.9. The third kappa shape index (κ3) is 4.13. The molecule has 5 nitrogen and oxygen atoms in total. The van der Waals surface area contributed by atoms with Gasteiger partial charge in [0.15, 0.2) is 0 Å². The minimum Gasteiger partial charge on any atom is -0.492 e. The molecule has 1 N–H and O–H groups in total. The Morgan fingerprint density at radius 3 is 2.32 bits per heavy atom. The Kier molecular flexibility index (Phi) is 6.69. The molecule has 1 aliphatic heterocycles. The van der Waals surface area contributed by atoms with Gasteiger partial charge in [0.25, 0.3) is 0 Å². The Balaban J connectivity index is 0.00000280. The minimum absolute atomic E-state index is 0. The normalized spacial score (nSPS) is 17.0. The first-order valence-electron chi connectivity index (χ1n) is 8.94. The topological polar surface area (TPSA) is 51.4 Å². The summed E-state index contributed by atoms with van der Waals surface area (Å²) in [5, 5.41) is 18.1. The Morgan fingerprint density at radius 1 is 1.07 bits per heavy atom. The van der Waals surface area contributed by atoms with E-state index >= 15 is 0 Å². The summed E-state index contributed by atoms with van der Waals surface area (Å²) in [5.74, 6) is -0.0997. The van der Waals surface area contributed by atoms with Crippen molar-refractivity contribution < 1.29 is 21.9 Å². The van der Waals surface area contributed by atoms with Crippen molar-refractivity contribution in [3.05, 3.63) is 71.4 Å². The van der Waals surface area contributed by atoms with Crippen LogP contribution in [0.15, 0.2) is 70.5 Å². The molecule has 0 aromatic heterocycles. The summed E-state index contributed by atoms with van der Waals surface area (Å²) in [6, 6.07) is 15.9. The van der Waals surface area contributed by atoms with Crippen molar-refractivity contribution in [2.24, 2.45) is 10.2 Å². The second-order valence-electron chi connectivity index (χ2n) is 7.38. The third-order valence-electron chi connectivity index (χ3n) is 5.03. The number of benzene rings is 2. The van der Waals surface area contributed by atoms with Crippen molar-refractivity contribution in [3.63, 3.8) is 0 Å². The SMILES string of the molecule is CN(C)c1ccc(/C(O)=N/N=C/C=C2\N(C)c3ccccc3C2(C)C)cc1.[Co]. The van der Waals surface area contributed by atoms with Crippen LogP contribution in [0.3, 0.4) is 0 Å². The second-order valence-corrected chi connectivity index (χ2v) is 7.38. The summed E-state index contributed by atoms with van der Waals surface area (Å²) in [4.78, 5) is 4.17. The average molecular weight is 421 g/mol. The van der Waals surface area contributed by atoms with Crippen LogP contribution in [0.25, 0.3) is 0 Å². The molecule has 0 bridgehead atoms. The van der Waals surface area contributed by atoms with E-state index in [1.54, 1.807) is 6.21 Å². The zero-order chi connectivity index (χ0) is 19.6. The van der Waals surface area contributed by atoms with E-state index in [4.69, 9.17) is 0 Å². The van der Waals surface area contributed by atoms with Crippen molar-refractivity contribution in [1.29, 1.82) is 0 Å². The summed E-state index contributed by atoms with van der Waals surface area (Å²) in [7, 11) is 6.00. The molecule has 2 aromatic carbocycles. The summed E-state index contributed by atoms with van der Waals surface area (Å²) in [6.07, 6.45) is 3.58. The molecule has 149 valence electrons. The van der Waals surface area contributed by atoms with Crippen LogP contribution in [0.5, 0.6) is 0 Å². The standard InChI is InChI=1S/C22H26N4O.Co/c1-22(2)18-8-6-7-9-19(18)26(5)20(22)14-15-23-24-21(27)16-10-12-17(13-11-16)25(3)4;/h6-15H,1-5H3,(H,24,27);/b20-14-,23-15+;. The van der Waals surface area contributed by atoms with Crippen molar-refractivity contribution in [3.8, 4) is 0 Å². The number of aliphatic hydroxyl groups excluding tert-OH is 1. The van der Waals surface area contributed by atoms with Crippen LogP contribution >= 0.6 is 0 Å². The molecule has 28 heavy (non-hydrogen) atoms. The van der Waals surface area contributed by atoms with Crippen LogP contribution in [-0.2, 0) is 22.2 Å². The predicted molar refractivity (Wildman–Crippen MR) is 114 cm³/mol. The van der Waals surface area contributed by atoms with Crippen LogP contribution in [-0.4, -0.2) is 38.4 Å². The quantitative estimate of drug-likeness (QED) is 0.454. The van der Waals surface area contributed by atoms with Crippen LogP contribution in [0.2, 0.25) is 0 Å². The number of fused-ring (bicyclic) bond motifs is 1. The van der Waals surface area contributed by atoms with Gasteiger partial charge >= 0.3 is 0 Å². The molecule has 1 heterocycles. The fraction of sp³-hybridized carbons (Fsp3) is 0.273. The van der Waals surface area contributed by atoms with Crippen LogP contribution in [0.4, 0.5) is 11.4 Å². The van der Waals surface area contributed by atoms with E-state index in [-0.39, 0.29) is 28.1 Å². The molecule has 0 spiro atoms. The van der Waals surface area contributed by atoms with E-state index in [9.17, 15) is 5.11 Å². The maximum atomic E-state index is 10.1. The van der Waals surface area contributed by atoms with Gasteiger partial charge in [0, 0.05) is 66.0 Å². The Bertz CT molecular complexity index is 914. The molecular weight excluding hydrogens is 395 g/mol. The van der Waals surface area contributed by atoms with Crippen molar-refractivity contribution >= 4 is 23.5 Å². The number of aliphatic hydroxyl groups is 1. The first-order chi connectivity index (χ1) is 12.8. The number of anilines is 2. The van der Waals surface area contributed by atoms with E-state index < -0.39 is 0 Å². The van der Waals surface area contributed by atoms with Crippen LogP contribution < -0.4 is 9.80 Å². The number of hydrogen-bond donors (Lipinski definition) is 1. The summed E-state index contributed by atoms with van der Waals surface area (Å²) < 4.78 is 0. The fourth-order valence-electron chi connectivity index (χ4n) is 3.46. The molecule has 0 saturated carbocycles. The van der Waals surface area contributed by atoms with Gasteiger partial charge in [-0.3, -0.25) is 0 Å². The van der Waals surface area contributed by atoms with Gasteiger partial charge in [0.05, 0.1) is 6.21 Å². The van der Waals surface area contributed by atoms with E-state index in [1.807, 2.05) is 55.4 Å². The number of para-hydroxylation sites is 1. The van der Waals surface area contributed by atoms with Crippen molar-refractivity contribution in [2.75, 3.05) is 30.9 Å². The van der Waals surface area contributed by atoms with Gasteiger partial charge in [-0.1, -0.05) is 32.0 Å². The predicted octanol–water partition coefficient (Wildman–Crippen LogP) is 4.35. The van der Waals surface area contributed by atoms with Gasteiger partial charge in [-0.05, 0) is 42.0 Å². The Morgan fingerprint density at radius 2 is 1.71 bits per heavy atom. The molecule has 0 fully saturated rings. The maximum Gasteiger partial charge on any atom is 0.238 e. The van der Waals surface area contributed by atoms with E-state index in [1.165, 1.54) is 11.3 Å². The van der Waals surface area contributed by atoms with Gasteiger partial charge in [-0.15, -0.1) is 5.10 Å². The Labute approximate surface area is 177 Å². The van der Waals surface area contributed by atoms with E-state index in [2.05, 4.69) is 54.2 Å². The van der Waals surface area contributed by atoms with Crippen molar-refractivity contribution in [2.45, 2.75) is 19.3 Å². The molecule has 0 amide bonds. The summed E-state index contributed by atoms with van der Waals surface area (Å²) in [5.41, 5.74) is 5.22. The van der Waals surface area contributed by atoms with Gasteiger partial charge in [0.2, 0.25) is 5.90 Å². The smallest absolute Gasteiger partial charge is 0.238 e. The molecule has 2 aromatic rings. The molecule has 1 radical (unpaired) electrons. The molecule has 3 rings (SSSR count). The molecule has 0 aliphatic carbocycles. The summed E-state index contributed by atoms with van der Waals surface area (Å²) >= 11 is 0. The van der Waals surface area contributed by atoms with Crippen LogP contribution in [0.1, 0.15) is 25.0 Å². The van der Waals surface area contributed by atoms with Gasteiger partial charge in [0.1, 0.15) is 0 Å². The van der Waals surface area contributed by atoms with E-state index in [0.717, 1.165) is 11.4 Å². The monoisotopic (exact) mass is 421 g/mol. The Hall–Kier alpha value is -2.57. The second kappa shape index (κ2) is 8.62. The molecule has 6 heteroatoms. The first-order valence-corrected chi connectivity index (χ1v) is 8.94. The van der Waals surface area contributed by atoms with Crippen molar-refractivity contribution in [1.82, 2.24) is 0 Å².